The molecule has 0 amide bonds. The molecule has 2 rings (SSSR count). The number of methoxy groups -OCH3 is 1. The van der Waals surface area contributed by atoms with E-state index in [1.165, 1.54) is 19.4 Å². The monoisotopic (exact) mass is 192 g/mol. The van der Waals surface area contributed by atoms with Gasteiger partial charge in [-0.2, -0.15) is 0 Å². The van der Waals surface area contributed by atoms with E-state index < -0.39 is 5.97 Å². The number of fused-ring (bicyclic) bond motifs is 1. The molecule has 0 unspecified atom stereocenters. The van der Waals surface area contributed by atoms with Crippen LogP contribution in [0.4, 0.5) is 0 Å². The molecule has 2 aromatic rings. The summed E-state index contributed by atoms with van der Waals surface area (Å²) >= 11 is 0. The first-order valence-electron chi connectivity index (χ1n) is 4.01. The number of hydrogen-bond acceptors (Lipinski definition) is 4. The maximum atomic E-state index is 11.2. The molecule has 72 valence electrons. The van der Waals surface area contributed by atoms with Crippen LogP contribution in [0.2, 0.25) is 0 Å². The number of rotatable bonds is 1. The van der Waals surface area contributed by atoms with Crippen molar-refractivity contribution in [2.45, 2.75) is 0 Å². The van der Waals surface area contributed by atoms with Gasteiger partial charge in [0.05, 0.1) is 12.5 Å². The number of carbonyl (C=O) groups excluding carboxylic acids is 1. The van der Waals surface area contributed by atoms with Crippen LogP contribution in [0.5, 0.6) is 5.75 Å². The first-order valence-corrected chi connectivity index (χ1v) is 4.01. The topological polar surface area (TPSA) is 59.7 Å². The molecule has 1 aromatic carbocycles. The molecule has 0 aliphatic carbocycles. The van der Waals surface area contributed by atoms with E-state index in [-0.39, 0.29) is 11.5 Å². The molecule has 1 heterocycles. The average molecular weight is 192 g/mol. The van der Waals surface area contributed by atoms with Gasteiger partial charge in [-0.3, -0.25) is 0 Å². The highest BCUT2D eigenvalue weighted by atomic mass is 16.5. The van der Waals surface area contributed by atoms with E-state index in [0.29, 0.717) is 10.8 Å². The lowest BCUT2D eigenvalue weighted by Crippen LogP contribution is -1.99. The van der Waals surface area contributed by atoms with Crippen LogP contribution < -0.4 is 0 Å². The second-order valence-electron chi connectivity index (χ2n) is 2.79. The van der Waals surface area contributed by atoms with Gasteiger partial charge >= 0.3 is 5.97 Å². The Hall–Kier alpha value is -1.97. The normalized spacial score (nSPS) is 10.4. The lowest BCUT2D eigenvalue weighted by Gasteiger charge is -1.95. The quantitative estimate of drug-likeness (QED) is 0.701. The largest absolute Gasteiger partial charge is 0.507 e. The second kappa shape index (κ2) is 3.06. The summed E-state index contributed by atoms with van der Waals surface area (Å²) in [7, 11) is 1.28. The molecule has 0 radical (unpaired) electrons. The predicted octanol–water partition coefficient (Wildman–Crippen LogP) is 1.93. The number of aromatic hydroxyl groups is 1. The number of carbonyl (C=O) groups is 1. The van der Waals surface area contributed by atoms with Crippen molar-refractivity contribution >= 4 is 16.7 Å². The van der Waals surface area contributed by atoms with Gasteiger partial charge in [0.15, 0.2) is 0 Å². The lowest BCUT2D eigenvalue weighted by atomic mass is 10.2. The third kappa shape index (κ3) is 1.12. The van der Waals surface area contributed by atoms with Crippen molar-refractivity contribution in [3.05, 3.63) is 30.2 Å². The standard InChI is InChI=1S/C10H8O4/c1-13-10(12)9-6-3-2-4-8(11)7(6)5-14-9/h2-5,11H,1H3. The Balaban J connectivity index is 2.70. The van der Waals surface area contributed by atoms with Crippen molar-refractivity contribution in [3.8, 4) is 5.75 Å². The zero-order valence-electron chi connectivity index (χ0n) is 7.48. The van der Waals surface area contributed by atoms with Crippen LogP contribution >= 0.6 is 0 Å². The molecule has 4 heteroatoms. The van der Waals surface area contributed by atoms with Gasteiger partial charge in [0.25, 0.3) is 0 Å². The van der Waals surface area contributed by atoms with Crippen LogP contribution in [-0.2, 0) is 4.74 Å². The molecule has 1 aromatic heterocycles. The minimum absolute atomic E-state index is 0.0846. The summed E-state index contributed by atoms with van der Waals surface area (Å²) in [6, 6.07) is 4.85. The maximum absolute atomic E-state index is 11.2. The molecular weight excluding hydrogens is 184 g/mol. The molecule has 0 saturated heterocycles. The Morgan fingerprint density at radius 3 is 2.93 bits per heavy atom. The van der Waals surface area contributed by atoms with E-state index in [1.807, 2.05) is 0 Å². The van der Waals surface area contributed by atoms with E-state index in [1.54, 1.807) is 12.1 Å². The van der Waals surface area contributed by atoms with Gasteiger partial charge in [-0.05, 0) is 12.1 Å². The van der Waals surface area contributed by atoms with Crippen LogP contribution in [0.3, 0.4) is 0 Å². The molecule has 0 bridgehead atoms. The van der Waals surface area contributed by atoms with Crippen LogP contribution in [0.15, 0.2) is 28.9 Å². The number of benzene rings is 1. The fraction of sp³-hybridized carbons (Fsp3) is 0.100. The Morgan fingerprint density at radius 2 is 2.21 bits per heavy atom. The van der Waals surface area contributed by atoms with Crippen molar-refractivity contribution in [1.29, 1.82) is 0 Å². The molecule has 14 heavy (non-hydrogen) atoms. The molecule has 1 N–H and O–H groups in total. The summed E-state index contributed by atoms with van der Waals surface area (Å²) < 4.78 is 9.54. The Bertz CT molecular complexity index is 484. The van der Waals surface area contributed by atoms with Crippen LogP contribution in [0.25, 0.3) is 10.8 Å². The van der Waals surface area contributed by atoms with Gasteiger partial charge < -0.3 is 14.3 Å². The SMILES string of the molecule is COC(=O)c1occ2c(O)cccc12. The van der Waals surface area contributed by atoms with Gasteiger partial charge in [-0.1, -0.05) is 6.07 Å². The Morgan fingerprint density at radius 1 is 1.43 bits per heavy atom. The van der Waals surface area contributed by atoms with Gasteiger partial charge in [0, 0.05) is 5.39 Å². The average Bonchev–Trinajstić information content (AvgIpc) is 2.62. The number of phenolic OH excluding ortho intramolecular Hbond substituents is 1. The van der Waals surface area contributed by atoms with Crippen molar-refractivity contribution in [2.24, 2.45) is 0 Å². The summed E-state index contributed by atoms with van der Waals surface area (Å²) in [5.74, 6) is -0.356. The van der Waals surface area contributed by atoms with E-state index in [4.69, 9.17) is 4.42 Å². The van der Waals surface area contributed by atoms with Crippen molar-refractivity contribution in [2.75, 3.05) is 7.11 Å². The van der Waals surface area contributed by atoms with Crippen LogP contribution in [0.1, 0.15) is 10.6 Å². The summed E-state index contributed by atoms with van der Waals surface area (Å²) in [5.41, 5.74) is 0. The van der Waals surface area contributed by atoms with Crippen molar-refractivity contribution in [3.63, 3.8) is 0 Å². The second-order valence-corrected chi connectivity index (χ2v) is 2.79. The third-order valence-electron chi connectivity index (χ3n) is 1.99. The predicted molar refractivity (Wildman–Crippen MR) is 49.2 cm³/mol. The Labute approximate surface area is 79.7 Å². The first kappa shape index (κ1) is 8.62. The van der Waals surface area contributed by atoms with E-state index >= 15 is 0 Å². The molecule has 0 aliphatic heterocycles. The fourth-order valence-corrected chi connectivity index (χ4v) is 1.31. The summed E-state index contributed by atoms with van der Waals surface area (Å²) in [6.45, 7) is 0. The number of phenols is 1. The highest BCUT2D eigenvalue weighted by Crippen LogP contribution is 2.28. The zero-order valence-corrected chi connectivity index (χ0v) is 7.48. The highest BCUT2D eigenvalue weighted by Gasteiger charge is 2.16. The number of ether oxygens (including phenoxy) is 1. The maximum Gasteiger partial charge on any atom is 0.374 e. The summed E-state index contributed by atoms with van der Waals surface area (Å²) in [4.78, 5) is 11.2. The molecule has 0 fully saturated rings. The highest BCUT2D eigenvalue weighted by molar-refractivity contribution is 6.03. The van der Waals surface area contributed by atoms with Gasteiger partial charge in [0.2, 0.25) is 5.76 Å². The van der Waals surface area contributed by atoms with Crippen molar-refractivity contribution < 1.29 is 19.1 Å². The smallest absolute Gasteiger partial charge is 0.374 e. The molecule has 0 aliphatic rings. The van der Waals surface area contributed by atoms with Crippen LogP contribution in [-0.4, -0.2) is 18.2 Å². The van der Waals surface area contributed by atoms with E-state index in [0.717, 1.165) is 0 Å². The number of hydrogen-bond donors (Lipinski definition) is 1. The van der Waals surface area contributed by atoms with E-state index in [2.05, 4.69) is 4.74 Å². The molecule has 0 spiro atoms. The minimum Gasteiger partial charge on any atom is -0.507 e. The molecule has 0 saturated carbocycles. The first-order chi connectivity index (χ1) is 6.74. The molecule has 0 atom stereocenters. The summed E-state index contributed by atoms with van der Waals surface area (Å²) in [5, 5.41) is 10.5. The third-order valence-corrected chi connectivity index (χ3v) is 1.99. The minimum atomic E-state index is -0.550. The van der Waals surface area contributed by atoms with Gasteiger partial charge in [-0.25, -0.2) is 4.79 Å². The number of esters is 1. The van der Waals surface area contributed by atoms with E-state index in [9.17, 15) is 9.90 Å². The fourth-order valence-electron chi connectivity index (χ4n) is 1.31. The molecular formula is C10H8O4. The lowest BCUT2D eigenvalue weighted by molar-refractivity contribution is 0.0568. The van der Waals surface area contributed by atoms with Gasteiger partial charge in [0.1, 0.15) is 12.0 Å². The Kier molecular flexibility index (Phi) is 1.89. The molecule has 4 nitrogen and oxygen atoms in total. The zero-order chi connectivity index (χ0) is 10.1. The van der Waals surface area contributed by atoms with Crippen LogP contribution in [0, 0.1) is 0 Å². The number of furan rings is 1. The van der Waals surface area contributed by atoms with Crippen molar-refractivity contribution in [1.82, 2.24) is 0 Å². The van der Waals surface area contributed by atoms with Gasteiger partial charge in [-0.15, -0.1) is 0 Å². The summed E-state index contributed by atoms with van der Waals surface area (Å²) in [6.07, 6.45) is 1.33.